The fourth-order valence-electron chi connectivity index (χ4n) is 3.14. The van der Waals surface area contributed by atoms with Crippen molar-refractivity contribution in [3.63, 3.8) is 0 Å². The first-order chi connectivity index (χ1) is 11.5. The van der Waals surface area contributed by atoms with Crippen LogP contribution in [0.25, 0.3) is 17.1 Å². The number of nitrogens with zero attached hydrogens (tertiary/aromatic N) is 2. The number of benzene rings is 1. The quantitative estimate of drug-likeness (QED) is 0.806. The van der Waals surface area contributed by atoms with Crippen LogP contribution in [-0.2, 0) is 16.6 Å². The largest absolute Gasteiger partial charge is 0.330 e. The monoisotopic (exact) mass is 328 g/mol. The molecular weight excluding hydrogens is 308 g/mol. The Hall–Kier alpha value is -2.67. The number of para-hydroxylation sites is 1. The van der Waals surface area contributed by atoms with Crippen LogP contribution in [0, 0.1) is 0 Å². The Balaban J connectivity index is 2.15. The van der Waals surface area contributed by atoms with Gasteiger partial charge in [0.05, 0.1) is 11.0 Å². The van der Waals surface area contributed by atoms with Crippen LogP contribution in [0.4, 0.5) is 0 Å². The summed E-state index contributed by atoms with van der Waals surface area (Å²) in [6, 6.07) is 4.93. The molecule has 2 amide bonds. The molecule has 3 N–H and O–H groups in total. The molecule has 0 saturated carbocycles. The number of hydrogen-bond acceptors (Lipinski definition) is 4. The van der Waals surface area contributed by atoms with Crippen molar-refractivity contribution in [2.24, 2.45) is 12.8 Å². The fraction of sp³-hybridized carbons (Fsp3) is 0.353. The van der Waals surface area contributed by atoms with E-state index in [-0.39, 0.29) is 18.0 Å². The van der Waals surface area contributed by atoms with Crippen molar-refractivity contribution in [2.45, 2.75) is 25.3 Å². The van der Waals surface area contributed by atoms with Gasteiger partial charge in [0.25, 0.3) is 0 Å². The number of amides is 2. The van der Waals surface area contributed by atoms with Crippen molar-refractivity contribution in [2.75, 3.05) is 6.54 Å². The molecule has 0 spiro atoms. The van der Waals surface area contributed by atoms with Crippen molar-refractivity contribution in [1.29, 1.82) is 0 Å². The molecule has 126 valence electrons. The molecule has 1 aliphatic rings. The second-order valence-corrected chi connectivity index (χ2v) is 5.87. The molecule has 1 aliphatic heterocycles. The average Bonchev–Trinajstić information content (AvgIpc) is 2.81. The van der Waals surface area contributed by atoms with E-state index in [1.807, 2.05) is 30.4 Å². The number of nitrogens with one attached hydrogen (secondary N) is 1. The predicted molar refractivity (Wildman–Crippen MR) is 91.3 cm³/mol. The van der Waals surface area contributed by atoms with E-state index in [2.05, 4.69) is 5.32 Å². The normalized spacial score (nSPS) is 18.5. The summed E-state index contributed by atoms with van der Waals surface area (Å²) in [5.74, 6) is -0.722. The standard InChI is InChI=1S/C17H20N4O3/c1-20-15-11(5-2-3-10-18)6-4-7-12(15)21(17(20)24)13-8-9-14(22)19-16(13)23/h2,4-7,13H,3,8-10,18H2,1H3,(H,19,22,23)/b5-2+. The number of imidazole rings is 1. The Morgan fingerprint density at radius 2 is 2.12 bits per heavy atom. The highest BCUT2D eigenvalue weighted by atomic mass is 16.2. The first-order valence-corrected chi connectivity index (χ1v) is 7.95. The van der Waals surface area contributed by atoms with E-state index in [9.17, 15) is 14.4 Å². The minimum atomic E-state index is -0.665. The summed E-state index contributed by atoms with van der Waals surface area (Å²) in [5, 5.41) is 2.31. The van der Waals surface area contributed by atoms with E-state index < -0.39 is 11.9 Å². The third kappa shape index (κ3) is 2.67. The predicted octanol–water partition coefficient (Wildman–Crippen LogP) is 0.680. The number of carbonyl (C=O) groups excluding carboxylic acids is 2. The summed E-state index contributed by atoms with van der Waals surface area (Å²) >= 11 is 0. The van der Waals surface area contributed by atoms with Crippen LogP contribution in [0.2, 0.25) is 0 Å². The van der Waals surface area contributed by atoms with Crippen LogP contribution in [0.1, 0.15) is 30.9 Å². The van der Waals surface area contributed by atoms with Crippen molar-refractivity contribution in [1.82, 2.24) is 14.5 Å². The lowest BCUT2D eigenvalue weighted by atomic mass is 10.1. The number of piperidine rings is 1. The molecule has 1 fully saturated rings. The van der Waals surface area contributed by atoms with Gasteiger partial charge in [-0.1, -0.05) is 24.3 Å². The first kappa shape index (κ1) is 16.2. The van der Waals surface area contributed by atoms with E-state index in [0.29, 0.717) is 18.5 Å². The molecule has 1 unspecified atom stereocenters. The highest BCUT2D eigenvalue weighted by molar-refractivity contribution is 6.00. The van der Waals surface area contributed by atoms with Gasteiger partial charge >= 0.3 is 5.69 Å². The summed E-state index contributed by atoms with van der Waals surface area (Å²) in [7, 11) is 1.69. The summed E-state index contributed by atoms with van der Waals surface area (Å²) in [4.78, 5) is 36.3. The van der Waals surface area contributed by atoms with Crippen LogP contribution in [0.15, 0.2) is 29.1 Å². The molecule has 7 heteroatoms. The zero-order valence-corrected chi connectivity index (χ0v) is 13.5. The maximum atomic E-state index is 12.7. The highest BCUT2D eigenvalue weighted by Gasteiger charge is 2.31. The molecule has 3 rings (SSSR count). The van der Waals surface area contributed by atoms with Crippen molar-refractivity contribution >= 4 is 28.9 Å². The Kier molecular flexibility index (Phi) is 4.35. The molecule has 1 aromatic heterocycles. The molecule has 7 nitrogen and oxygen atoms in total. The van der Waals surface area contributed by atoms with E-state index >= 15 is 0 Å². The third-order valence-electron chi connectivity index (χ3n) is 4.29. The van der Waals surface area contributed by atoms with Crippen LogP contribution >= 0.6 is 0 Å². The number of aryl methyl sites for hydroxylation is 1. The molecule has 0 aliphatic carbocycles. The molecule has 1 saturated heterocycles. The van der Waals surface area contributed by atoms with Crippen LogP contribution < -0.4 is 16.7 Å². The van der Waals surface area contributed by atoms with E-state index in [4.69, 9.17) is 5.73 Å². The lowest BCUT2D eigenvalue weighted by Crippen LogP contribution is -2.44. The smallest absolute Gasteiger partial charge is 0.329 e. The number of carbonyl (C=O) groups is 2. The van der Waals surface area contributed by atoms with Gasteiger partial charge in [-0.25, -0.2) is 4.79 Å². The topological polar surface area (TPSA) is 99.1 Å². The number of fused-ring (bicyclic) bond motifs is 1. The van der Waals surface area contributed by atoms with Crippen LogP contribution in [-0.4, -0.2) is 27.5 Å². The van der Waals surface area contributed by atoms with Crippen molar-refractivity contribution in [3.05, 3.63) is 40.3 Å². The van der Waals surface area contributed by atoms with Crippen LogP contribution in [0.5, 0.6) is 0 Å². The summed E-state index contributed by atoms with van der Waals surface area (Å²) in [6.45, 7) is 0.558. The van der Waals surface area contributed by atoms with Crippen LogP contribution in [0.3, 0.4) is 0 Å². The average molecular weight is 328 g/mol. The second kappa shape index (κ2) is 6.45. The number of hydrogen-bond donors (Lipinski definition) is 2. The lowest BCUT2D eigenvalue weighted by Gasteiger charge is -2.21. The van der Waals surface area contributed by atoms with Gasteiger partial charge < -0.3 is 5.73 Å². The summed E-state index contributed by atoms with van der Waals surface area (Å²) in [6.07, 6.45) is 5.20. The van der Waals surface area contributed by atoms with Gasteiger partial charge in [-0.15, -0.1) is 0 Å². The molecule has 2 aromatic rings. The van der Waals surface area contributed by atoms with Gasteiger partial charge in [-0.2, -0.15) is 0 Å². The molecule has 1 aromatic carbocycles. The molecule has 0 radical (unpaired) electrons. The zero-order chi connectivity index (χ0) is 17.3. The molecular formula is C17H20N4O3. The summed E-state index contributed by atoms with van der Waals surface area (Å²) < 4.78 is 3.03. The van der Waals surface area contributed by atoms with Gasteiger partial charge in [-0.05, 0) is 25.5 Å². The molecule has 2 heterocycles. The zero-order valence-electron chi connectivity index (χ0n) is 13.5. The highest BCUT2D eigenvalue weighted by Crippen LogP contribution is 2.25. The SMILES string of the molecule is Cn1c(=O)n(C2CCC(=O)NC2=O)c2cccc(/C=C/CCN)c21. The number of aromatic nitrogens is 2. The number of nitrogens with two attached hydrogens (primary N) is 1. The molecule has 1 atom stereocenters. The van der Waals surface area contributed by atoms with Crippen molar-refractivity contribution < 1.29 is 9.59 Å². The maximum absolute atomic E-state index is 12.7. The van der Waals surface area contributed by atoms with Gasteiger partial charge in [0.1, 0.15) is 6.04 Å². The molecule has 0 bridgehead atoms. The van der Waals surface area contributed by atoms with Gasteiger partial charge in [0, 0.05) is 19.0 Å². The Morgan fingerprint density at radius 3 is 2.83 bits per heavy atom. The third-order valence-corrected chi connectivity index (χ3v) is 4.29. The Bertz CT molecular complexity index is 891. The Labute approximate surface area is 138 Å². The lowest BCUT2D eigenvalue weighted by molar-refractivity contribution is -0.135. The summed E-state index contributed by atoms with van der Waals surface area (Å²) in [5.41, 5.74) is 7.59. The maximum Gasteiger partial charge on any atom is 0.329 e. The van der Waals surface area contributed by atoms with Crippen molar-refractivity contribution in [3.8, 4) is 0 Å². The van der Waals surface area contributed by atoms with E-state index in [1.165, 1.54) is 4.57 Å². The van der Waals surface area contributed by atoms with E-state index in [1.54, 1.807) is 11.6 Å². The minimum absolute atomic E-state index is 0.231. The van der Waals surface area contributed by atoms with Gasteiger partial charge in [0.15, 0.2) is 0 Å². The number of rotatable bonds is 4. The Morgan fingerprint density at radius 1 is 1.33 bits per heavy atom. The second-order valence-electron chi connectivity index (χ2n) is 5.87. The minimum Gasteiger partial charge on any atom is -0.330 e. The fourth-order valence-corrected chi connectivity index (χ4v) is 3.14. The van der Waals surface area contributed by atoms with Gasteiger partial charge in [-0.3, -0.25) is 24.0 Å². The molecule has 24 heavy (non-hydrogen) atoms. The number of imide groups is 1. The van der Waals surface area contributed by atoms with E-state index in [0.717, 1.165) is 17.5 Å². The first-order valence-electron chi connectivity index (χ1n) is 7.95. The van der Waals surface area contributed by atoms with Gasteiger partial charge in [0.2, 0.25) is 11.8 Å².